The lowest BCUT2D eigenvalue weighted by molar-refractivity contribution is 0.0696. The van der Waals surface area contributed by atoms with E-state index < -0.39 is 5.97 Å². The Morgan fingerprint density at radius 2 is 2.21 bits per heavy atom. The van der Waals surface area contributed by atoms with Crippen molar-refractivity contribution in [1.82, 2.24) is 9.88 Å². The van der Waals surface area contributed by atoms with Crippen molar-refractivity contribution in [1.29, 1.82) is 0 Å². The minimum atomic E-state index is -1.03. The fourth-order valence-electron chi connectivity index (χ4n) is 1.76. The molecule has 0 unspecified atom stereocenters. The molecule has 0 bridgehead atoms. The first-order valence-corrected chi connectivity index (χ1v) is 6.81. The molecule has 0 aliphatic carbocycles. The van der Waals surface area contributed by atoms with Crippen molar-refractivity contribution in [2.45, 2.75) is 20.3 Å². The van der Waals surface area contributed by atoms with Crippen LogP contribution in [-0.2, 0) is 0 Å². The second-order valence-corrected chi connectivity index (χ2v) is 4.63. The third-order valence-electron chi connectivity index (χ3n) is 2.80. The van der Waals surface area contributed by atoms with Crippen LogP contribution in [0.2, 0.25) is 5.02 Å². The van der Waals surface area contributed by atoms with Gasteiger partial charge in [-0.25, -0.2) is 9.78 Å². The number of carbonyl (C=O) groups is 1. The molecule has 106 valence electrons. The number of hydrogen-bond acceptors (Lipinski definition) is 4. The molecule has 1 aromatic rings. The Balaban J connectivity index is 2.51. The summed E-state index contributed by atoms with van der Waals surface area (Å²) in [7, 11) is 0. The molecule has 0 saturated heterocycles. The van der Waals surface area contributed by atoms with Crippen molar-refractivity contribution < 1.29 is 9.90 Å². The Morgan fingerprint density at radius 1 is 1.47 bits per heavy atom. The zero-order chi connectivity index (χ0) is 14.3. The van der Waals surface area contributed by atoms with Gasteiger partial charge in [-0.3, -0.25) is 0 Å². The normalized spacial score (nSPS) is 10.7. The number of aromatic nitrogens is 1. The number of hydrogen-bond donors (Lipinski definition) is 2. The molecule has 2 N–H and O–H groups in total. The smallest absolute Gasteiger partial charge is 0.337 e. The summed E-state index contributed by atoms with van der Waals surface area (Å²) in [5, 5.41) is 12.3. The van der Waals surface area contributed by atoms with Gasteiger partial charge in [0.05, 0.1) is 10.6 Å². The molecule has 0 atom stereocenters. The maximum atomic E-state index is 10.8. The van der Waals surface area contributed by atoms with E-state index >= 15 is 0 Å². The topological polar surface area (TPSA) is 65.5 Å². The van der Waals surface area contributed by atoms with Crippen LogP contribution >= 0.6 is 11.6 Å². The van der Waals surface area contributed by atoms with E-state index in [1.807, 2.05) is 0 Å². The highest BCUT2D eigenvalue weighted by Gasteiger charge is 2.08. The van der Waals surface area contributed by atoms with Crippen molar-refractivity contribution in [2.24, 2.45) is 0 Å². The average molecular weight is 286 g/mol. The molecule has 6 heteroatoms. The van der Waals surface area contributed by atoms with Crippen LogP contribution in [0.3, 0.4) is 0 Å². The molecule has 19 heavy (non-hydrogen) atoms. The Morgan fingerprint density at radius 3 is 2.74 bits per heavy atom. The van der Waals surface area contributed by atoms with Gasteiger partial charge in [0.15, 0.2) is 0 Å². The molecule has 1 rings (SSSR count). The van der Waals surface area contributed by atoms with Gasteiger partial charge in [0, 0.05) is 19.3 Å². The number of anilines is 1. The van der Waals surface area contributed by atoms with E-state index in [1.54, 1.807) is 0 Å². The number of carboxylic acids is 1. The third-order valence-corrected chi connectivity index (χ3v) is 3.08. The van der Waals surface area contributed by atoms with Gasteiger partial charge in [-0.05, 0) is 25.6 Å². The maximum Gasteiger partial charge on any atom is 0.337 e. The van der Waals surface area contributed by atoms with E-state index in [2.05, 4.69) is 29.0 Å². The highest BCUT2D eigenvalue weighted by molar-refractivity contribution is 6.33. The molecule has 0 saturated carbocycles. The number of rotatable bonds is 8. The lowest BCUT2D eigenvalue weighted by Crippen LogP contribution is -2.29. The first kappa shape index (κ1) is 15.7. The number of carboxylic acid groups (broad SMARTS) is 1. The fraction of sp³-hybridized carbons (Fsp3) is 0.538. The van der Waals surface area contributed by atoms with Crippen LogP contribution in [0.15, 0.2) is 12.3 Å². The number of likely N-dealkylation sites (N-methyl/N-ethyl adjacent to an activating group) is 1. The SMILES string of the molecule is CCCN(CC)CCNc1ncc(C(=O)O)cc1Cl. The van der Waals surface area contributed by atoms with Crippen LogP contribution in [0.25, 0.3) is 0 Å². The van der Waals surface area contributed by atoms with Crippen LogP contribution in [0.1, 0.15) is 30.6 Å². The molecule has 0 aliphatic heterocycles. The van der Waals surface area contributed by atoms with E-state index in [1.165, 1.54) is 12.3 Å². The molecular formula is C13H20ClN3O2. The number of pyridine rings is 1. The van der Waals surface area contributed by atoms with Crippen LogP contribution in [0.4, 0.5) is 5.82 Å². The van der Waals surface area contributed by atoms with E-state index in [9.17, 15) is 4.79 Å². The molecule has 0 aromatic carbocycles. The first-order chi connectivity index (χ1) is 9.08. The number of halogens is 1. The summed E-state index contributed by atoms with van der Waals surface area (Å²) in [4.78, 5) is 17.1. The van der Waals surface area contributed by atoms with E-state index in [0.29, 0.717) is 10.8 Å². The largest absolute Gasteiger partial charge is 0.478 e. The summed E-state index contributed by atoms with van der Waals surface area (Å²) in [6.07, 6.45) is 2.43. The Kier molecular flexibility index (Phi) is 6.59. The van der Waals surface area contributed by atoms with Gasteiger partial charge in [0.2, 0.25) is 0 Å². The van der Waals surface area contributed by atoms with Crippen molar-refractivity contribution in [3.63, 3.8) is 0 Å². The summed E-state index contributed by atoms with van der Waals surface area (Å²) in [5.41, 5.74) is 0.0942. The minimum absolute atomic E-state index is 0.0942. The van der Waals surface area contributed by atoms with Crippen molar-refractivity contribution >= 4 is 23.4 Å². The van der Waals surface area contributed by atoms with Crippen LogP contribution in [0.5, 0.6) is 0 Å². The Labute approximate surface area is 118 Å². The van der Waals surface area contributed by atoms with Gasteiger partial charge in [-0.2, -0.15) is 0 Å². The van der Waals surface area contributed by atoms with Crippen LogP contribution in [-0.4, -0.2) is 47.1 Å². The van der Waals surface area contributed by atoms with Gasteiger partial charge >= 0.3 is 5.97 Å². The van der Waals surface area contributed by atoms with Gasteiger partial charge in [-0.1, -0.05) is 25.4 Å². The van der Waals surface area contributed by atoms with E-state index in [4.69, 9.17) is 16.7 Å². The molecule has 0 fully saturated rings. The molecule has 0 radical (unpaired) electrons. The first-order valence-electron chi connectivity index (χ1n) is 6.43. The summed E-state index contributed by atoms with van der Waals surface area (Å²) in [6, 6.07) is 1.41. The quantitative estimate of drug-likeness (QED) is 0.768. The third kappa shape index (κ3) is 5.04. The zero-order valence-electron chi connectivity index (χ0n) is 11.3. The zero-order valence-corrected chi connectivity index (χ0v) is 12.1. The average Bonchev–Trinajstić information content (AvgIpc) is 2.39. The van der Waals surface area contributed by atoms with Crippen molar-refractivity contribution in [2.75, 3.05) is 31.5 Å². The van der Waals surface area contributed by atoms with Gasteiger partial charge in [-0.15, -0.1) is 0 Å². The van der Waals surface area contributed by atoms with Crippen molar-refractivity contribution in [3.05, 3.63) is 22.8 Å². The predicted molar refractivity (Wildman–Crippen MR) is 77.1 cm³/mol. The lowest BCUT2D eigenvalue weighted by atomic mass is 10.3. The monoisotopic (exact) mass is 285 g/mol. The minimum Gasteiger partial charge on any atom is -0.478 e. The number of aromatic carboxylic acids is 1. The van der Waals surface area contributed by atoms with Crippen LogP contribution in [0, 0.1) is 0 Å². The second kappa shape index (κ2) is 7.96. The van der Waals surface area contributed by atoms with Crippen molar-refractivity contribution in [3.8, 4) is 0 Å². The van der Waals surface area contributed by atoms with Gasteiger partial charge in [0.1, 0.15) is 5.82 Å². The number of nitrogens with one attached hydrogen (secondary N) is 1. The molecule has 5 nitrogen and oxygen atoms in total. The maximum absolute atomic E-state index is 10.8. The predicted octanol–water partition coefficient (Wildman–Crippen LogP) is 2.58. The number of nitrogens with zero attached hydrogens (tertiary/aromatic N) is 2. The Bertz CT molecular complexity index is 426. The van der Waals surface area contributed by atoms with E-state index in [-0.39, 0.29) is 5.56 Å². The van der Waals surface area contributed by atoms with E-state index in [0.717, 1.165) is 32.6 Å². The standard InChI is InChI=1S/C13H20ClN3O2/c1-3-6-17(4-2)7-5-15-12-11(14)8-10(9-16-12)13(18)19/h8-9H,3-7H2,1-2H3,(H,15,16)(H,18,19). The summed E-state index contributed by atoms with van der Waals surface area (Å²) in [6.45, 7) is 7.99. The molecule has 0 amide bonds. The van der Waals surface area contributed by atoms with Crippen LogP contribution < -0.4 is 5.32 Å². The molecule has 0 aliphatic rings. The highest BCUT2D eigenvalue weighted by Crippen LogP contribution is 2.19. The van der Waals surface area contributed by atoms with Gasteiger partial charge < -0.3 is 15.3 Å². The summed E-state index contributed by atoms with van der Waals surface area (Å²) < 4.78 is 0. The summed E-state index contributed by atoms with van der Waals surface area (Å²) >= 11 is 5.98. The Hall–Kier alpha value is -1.33. The molecule has 1 aromatic heterocycles. The molecule has 1 heterocycles. The summed E-state index contributed by atoms with van der Waals surface area (Å²) in [5.74, 6) is -0.500. The highest BCUT2D eigenvalue weighted by atomic mass is 35.5. The van der Waals surface area contributed by atoms with Gasteiger partial charge in [0.25, 0.3) is 0 Å². The fourth-order valence-corrected chi connectivity index (χ4v) is 1.99. The lowest BCUT2D eigenvalue weighted by Gasteiger charge is -2.19. The molecular weight excluding hydrogens is 266 g/mol. The molecule has 0 spiro atoms. The second-order valence-electron chi connectivity index (χ2n) is 4.22.